The van der Waals surface area contributed by atoms with Crippen LogP contribution < -0.4 is 10.6 Å². The van der Waals surface area contributed by atoms with E-state index in [9.17, 15) is 9.59 Å². The Morgan fingerprint density at radius 3 is 2.33 bits per heavy atom. The fourth-order valence-electron chi connectivity index (χ4n) is 3.49. The Bertz CT molecular complexity index is 568. The largest absolute Gasteiger partial charge is 0.445 e. The molecule has 27 heavy (non-hydrogen) atoms. The van der Waals surface area contributed by atoms with Crippen LogP contribution in [0.2, 0.25) is 0 Å². The fourth-order valence-corrected chi connectivity index (χ4v) is 3.49. The summed E-state index contributed by atoms with van der Waals surface area (Å²) in [6.07, 6.45) is 8.41. The summed E-state index contributed by atoms with van der Waals surface area (Å²) in [5.41, 5.74) is 0.923. The van der Waals surface area contributed by atoms with Gasteiger partial charge in [0.05, 0.1) is 0 Å². The standard InChI is InChI=1S/C22H34N2O3/c1-3-17(2)20(21(25)23-19-14-10-5-4-6-11-15-19)24-22(26)27-16-18-12-8-7-9-13-18/h7-9,12-13,17,19-20H,3-6,10-11,14-16H2,1-2H3,(H,23,25)(H,24,26)/t17-,20-/m1/s1. The van der Waals surface area contributed by atoms with Gasteiger partial charge >= 0.3 is 6.09 Å². The Labute approximate surface area is 163 Å². The van der Waals surface area contributed by atoms with E-state index in [1.54, 1.807) is 0 Å². The van der Waals surface area contributed by atoms with Gasteiger partial charge in [0.2, 0.25) is 5.91 Å². The van der Waals surface area contributed by atoms with Crippen LogP contribution in [0.25, 0.3) is 0 Å². The van der Waals surface area contributed by atoms with Gasteiger partial charge in [0, 0.05) is 6.04 Å². The van der Waals surface area contributed by atoms with Crippen LogP contribution in [0, 0.1) is 5.92 Å². The topological polar surface area (TPSA) is 67.4 Å². The highest BCUT2D eigenvalue weighted by atomic mass is 16.5. The zero-order valence-corrected chi connectivity index (χ0v) is 16.7. The molecule has 1 aromatic rings. The monoisotopic (exact) mass is 374 g/mol. The summed E-state index contributed by atoms with van der Waals surface area (Å²) in [5.74, 6) is -0.0468. The lowest BCUT2D eigenvalue weighted by Crippen LogP contribution is -2.52. The Morgan fingerprint density at radius 2 is 1.70 bits per heavy atom. The molecule has 2 N–H and O–H groups in total. The number of amides is 2. The molecular formula is C22H34N2O3. The molecule has 0 radical (unpaired) electrons. The number of alkyl carbamates (subject to hydrolysis) is 1. The first-order valence-electron chi connectivity index (χ1n) is 10.4. The number of rotatable bonds is 7. The molecule has 1 aliphatic rings. The molecule has 1 saturated carbocycles. The lowest BCUT2D eigenvalue weighted by molar-refractivity contribution is -0.125. The minimum Gasteiger partial charge on any atom is -0.445 e. The second-order valence-electron chi connectivity index (χ2n) is 7.62. The number of hydrogen-bond acceptors (Lipinski definition) is 3. The number of benzene rings is 1. The van der Waals surface area contributed by atoms with Gasteiger partial charge in [0.15, 0.2) is 0 Å². The van der Waals surface area contributed by atoms with Crippen LogP contribution in [0.3, 0.4) is 0 Å². The molecule has 0 spiro atoms. The summed E-state index contributed by atoms with van der Waals surface area (Å²) in [7, 11) is 0. The minimum absolute atomic E-state index is 0.0443. The van der Waals surface area contributed by atoms with Crippen molar-refractivity contribution >= 4 is 12.0 Å². The molecular weight excluding hydrogens is 340 g/mol. The first-order valence-corrected chi connectivity index (χ1v) is 10.4. The van der Waals surface area contributed by atoms with Gasteiger partial charge in [0.1, 0.15) is 12.6 Å². The molecule has 0 heterocycles. The summed E-state index contributed by atoms with van der Waals surface area (Å²) in [5, 5.41) is 5.95. The van der Waals surface area contributed by atoms with E-state index in [1.165, 1.54) is 19.3 Å². The predicted octanol–water partition coefficient (Wildman–Crippen LogP) is 4.56. The van der Waals surface area contributed by atoms with Gasteiger partial charge < -0.3 is 15.4 Å². The normalized spacial score (nSPS) is 17.9. The van der Waals surface area contributed by atoms with E-state index in [1.807, 2.05) is 44.2 Å². The molecule has 0 saturated heterocycles. The predicted molar refractivity (Wildman–Crippen MR) is 107 cm³/mol. The molecule has 0 aromatic heterocycles. The maximum Gasteiger partial charge on any atom is 0.408 e. The summed E-state index contributed by atoms with van der Waals surface area (Å²) < 4.78 is 5.30. The second kappa shape index (κ2) is 11.6. The van der Waals surface area contributed by atoms with Gasteiger partial charge in [-0.15, -0.1) is 0 Å². The maximum absolute atomic E-state index is 12.8. The van der Waals surface area contributed by atoms with Crippen LogP contribution >= 0.6 is 0 Å². The van der Waals surface area contributed by atoms with Crippen molar-refractivity contribution in [2.75, 3.05) is 0 Å². The van der Waals surface area contributed by atoms with E-state index in [0.29, 0.717) is 0 Å². The molecule has 0 unspecified atom stereocenters. The van der Waals surface area contributed by atoms with Crippen molar-refractivity contribution in [3.63, 3.8) is 0 Å². The molecule has 5 heteroatoms. The zero-order chi connectivity index (χ0) is 19.5. The van der Waals surface area contributed by atoms with Crippen LogP contribution in [0.5, 0.6) is 0 Å². The van der Waals surface area contributed by atoms with E-state index in [0.717, 1.165) is 37.7 Å². The number of hydrogen-bond donors (Lipinski definition) is 2. The Hall–Kier alpha value is -2.04. The minimum atomic E-state index is -0.566. The van der Waals surface area contributed by atoms with E-state index in [-0.39, 0.29) is 24.5 Å². The Balaban J connectivity index is 1.88. The summed E-state index contributed by atoms with van der Waals surface area (Å²) in [6.45, 7) is 4.21. The molecule has 2 rings (SSSR count). The van der Waals surface area contributed by atoms with Crippen LogP contribution in [-0.4, -0.2) is 24.1 Å². The van der Waals surface area contributed by atoms with Gasteiger partial charge in [-0.2, -0.15) is 0 Å². The van der Waals surface area contributed by atoms with Gasteiger partial charge in [-0.05, 0) is 24.3 Å². The van der Waals surface area contributed by atoms with Crippen LogP contribution in [0.1, 0.15) is 70.8 Å². The van der Waals surface area contributed by atoms with Crippen LogP contribution in [-0.2, 0) is 16.1 Å². The first-order chi connectivity index (χ1) is 13.1. The molecule has 2 amide bonds. The first kappa shape index (κ1) is 21.3. The third kappa shape index (κ3) is 7.61. The van der Waals surface area contributed by atoms with Crippen molar-refractivity contribution in [2.45, 2.75) is 83.9 Å². The van der Waals surface area contributed by atoms with Gasteiger partial charge in [-0.3, -0.25) is 4.79 Å². The van der Waals surface area contributed by atoms with Gasteiger partial charge in [-0.25, -0.2) is 4.79 Å². The lowest BCUT2D eigenvalue weighted by atomic mass is 9.94. The Morgan fingerprint density at radius 1 is 1.07 bits per heavy atom. The van der Waals surface area contributed by atoms with E-state index in [2.05, 4.69) is 10.6 Å². The summed E-state index contributed by atoms with van der Waals surface area (Å²) >= 11 is 0. The second-order valence-corrected chi connectivity index (χ2v) is 7.62. The molecule has 1 aromatic carbocycles. The summed E-state index contributed by atoms with van der Waals surface area (Å²) in [6, 6.07) is 9.18. The number of nitrogens with one attached hydrogen (secondary N) is 2. The van der Waals surface area contributed by atoms with Crippen molar-refractivity contribution in [1.82, 2.24) is 10.6 Å². The van der Waals surface area contributed by atoms with E-state index >= 15 is 0 Å². The average Bonchev–Trinajstić information content (AvgIpc) is 2.66. The molecule has 0 bridgehead atoms. The number of carbonyl (C=O) groups excluding carboxylic acids is 2. The number of ether oxygens (including phenoxy) is 1. The molecule has 1 fully saturated rings. The Kier molecular flexibility index (Phi) is 9.16. The third-order valence-corrected chi connectivity index (χ3v) is 5.43. The van der Waals surface area contributed by atoms with E-state index in [4.69, 9.17) is 4.74 Å². The molecule has 2 atom stereocenters. The molecule has 5 nitrogen and oxygen atoms in total. The molecule has 150 valence electrons. The summed E-state index contributed by atoms with van der Waals surface area (Å²) in [4.78, 5) is 25.1. The van der Waals surface area contributed by atoms with E-state index < -0.39 is 12.1 Å². The van der Waals surface area contributed by atoms with Crippen LogP contribution in [0.15, 0.2) is 30.3 Å². The number of carbonyl (C=O) groups is 2. The molecule has 1 aliphatic carbocycles. The average molecular weight is 375 g/mol. The fraction of sp³-hybridized carbons (Fsp3) is 0.636. The molecule has 0 aliphatic heterocycles. The smallest absolute Gasteiger partial charge is 0.408 e. The SMILES string of the molecule is CC[C@@H](C)[C@@H](NC(=O)OCc1ccccc1)C(=O)NC1CCCCCCC1. The quantitative estimate of drug-likeness (QED) is 0.735. The maximum atomic E-state index is 12.8. The van der Waals surface area contributed by atoms with Crippen molar-refractivity contribution < 1.29 is 14.3 Å². The highest BCUT2D eigenvalue weighted by molar-refractivity contribution is 5.86. The van der Waals surface area contributed by atoms with Crippen molar-refractivity contribution in [2.24, 2.45) is 5.92 Å². The van der Waals surface area contributed by atoms with Gasteiger partial charge in [-0.1, -0.05) is 82.7 Å². The highest BCUT2D eigenvalue weighted by Crippen LogP contribution is 2.18. The van der Waals surface area contributed by atoms with Crippen LogP contribution in [0.4, 0.5) is 4.79 Å². The van der Waals surface area contributed by atoms with Crippen molar-refractivity contribution in [3.8, 4) is 0 Å². The lowest BCUT2D eigenvalue weighted by Gasteiger charge is -2.27. The van der Waals surface area contributed by atoms with Gasteiger partial charge in [0.25, 0.3) is 0 Å². The third-order valence-electron chi connectivity index (χ3n) is 5.43. The zero-order valence-electron chi connectivity index (χ0n) is 16.7. The highest BCUT2D eigenvalue weighted by Gasteiger charge is 2.28. The van der Waals surface area contributed by atoms with Crippen molar-refractivity contribution in [1.29, 1.82) is 0 Å². The van der Waals surface area contributed by atoms with Crippen molar-refractivity contribution in [3.05, 3.63) is 35.9 Å².